The fourth-order valence-electron chi connectivity index (χ4n) is 3.26. The zero-order chi connectivity index (χ0) is 15.7. The molecule has 0 radical (unpaired) electrons. The summed E-state index contributed by atoms with van der Waals surface area (Å²) in [6.07, 6.45) is 3.13. The van der Waals surface area contributed by atoms with Crippen molar-refractivity contribution >= 4 is 25.1 Å². The predicted molar refractivity (Wildman–Crippen MR) is 82.8 cm³/mol. The summed E-state index contributed by atoms with van der Waals surface area (Å²) < 4.78 is 21.6. The second kappa shape index (κ2) is 6.95. The van der Waals surface area contributed by atoms with Gasteiger partial charge < -0.3 is 14.7 Å². The summed E-state index contributed by atoms with van der Waals surface area (Å²) >= 11 is 1.59. The number of rotatable bonds is 4. The summed E-state index contributed by atoms with van der Waals surface area (Å²) in [6, 6.07) is 0. The van der Waals surface area contributed by atoms with Crippen LogP contribution in [-0.4, -0.2) is 57.3 Å². The van der Waals surface area contributed by atoms with Crippen LogP contribution in [0.15, 0.2) is 11.8 Å². The number of ether oxygens (including phenoxy) is 1. The highest BCUT2D eigenvalue weighted by Gasteiger charge is 2.44. The van der Waals surface area contributed by atoms with E-state index in [4.69, 9.17) is 19.6 Å². The number of nitrogens with zero attached hydrogens (tertiary/aromatic N) is 1. The molecule has 3 heterocycles. The zero-order valence-electron chi connectivity index (χ0n) is 12.1. The van der Waals surface area contributed by atoms with Crippen molar-refractivity contribution in [2.24, 2.45) is 5.92 Å². The van der Waals surface area contributed by atoms with Crippen molar-refractivity contribution in [2.45, 2.75) is 37.7 Å². The van der Waals surface area contributed by atoms with Crippen LogP contribution in [0.3, 0.4) is 0 Å². The summed E-state index contributed by atoms with van der Waals surface area (Å²) in [5.41, 5.74) is 1.06. The molecule has 2 saturated heterocycles. The van der Waals surface area contributed by atoms with Gasteiger partial charge in [-0.3, -0.25) is 5.41 Å². The van der Waals surface area contributed by atoms with Gasteiger partial charge in [0, 0.05) is 35.2 Å². The topological polar surface area (TPSA) is 103 Å². The third-order valence-electron chi connectivity index (χ3n) is 4.34. The first-order valence-corrected chi connectivity index (χ1v) is 9.48. The number of thioether (sulfide) groups is 1. The predicted octanol–water partition coefficient (Wildman–Crippen LogP) is 1.45. The van der Waals surface area contributed by atoms with Crippen molar-refractivity contribution in [1.29, 1.82) is 5.41 Å². The molecule has 0 bridgehead atoms. The number of aliphatic hydroxyl groups excluding tert-OH is 1. The van der Waals surface area contributed by atoms with Crippen LogP contribution in [0, 0.1) is 11.3 Å². The minimum Gasteiger partial charge on any atom is -0.394 e. The average Bonchev–Trinajstić information content (AvgIpc) is 3.02. The Kier molecular flexibility index (Phi) is 5.17. The summed E-state index contributed by atoms with van der Waals surface area (Å²) in [4.78, 5) is 10.9. The highest BCUT2D eigenvalue weighted by molar-refractivity contribution is 8.14. The molecule has 122 valence electrons. The molecule has 0 spiro atoms. The highest BCUT2D eigenvalue weighted by Crippen LogP contribution is 2.38. The quantitative estimate of drug-likeness (QED) is 0.661. The van der Waals surface area contributed by atoms with Gasteiger partial charge in [-0.05, 0) is 18.6 Å². The Morgan fingerprint density at radius 1 is 1.59 bits per heavy atom. The lowest BCUT2D eigenvalue weighted by Gasteiger charge is -2.24. The van der Waals surface area contributed by atoms with Crippen LogP contribution >= 0.6 is 20.0 Å². The maximum absolute atomic E-state index is 10.9. The summed E-state index contributed by atoms with van der Waals surface area (Å²) in [5, 5.41) is 18.1. The van der Waals surface area contributed by atoms with E-state index in [1.54, 1.807) is 11.8 Å². The Labute approximate surface area is 134 Å². The lowest BCUT2D eigenvalue weighted by atomic mass is 9.98. The fraction of sp³-hybridized carbons (Fsp3) is 0.769. The maximum Gasteiger partial charge on any atom is 0.695 e. The number of nitrogens with one attached hydrogen (secondary N) is 1. The van der Waals surface area contributed by atoms with Gasteiger partial charge in [-0.15, -0.1) is 21.2 Å². The minimum atomic E-state index is -2.71. The van der Waals surface area contributed by atoms with Gasteiger partial charge >= 0.3 is 8.25 Å². The first-order valence-electron chi connectivity index (χ1n) is 7.37. The fourth-order valence-corrected chi connectivity index (χ4v) is 4.62. The van der Waals surface area contributed by atoms with Crippen LogP contribution < -0.4 is 0 Å². The molecule has 3 unspecified atom stereocenters. The van der Waals surface area contributed by atoms with Crippen molar-refractivity contribution in [1.82, 2.24) is 4.90 Å². The van der Waals surface area contributed by atoms with Crippen molar-refractivity contribution < 1.29 is 23.8 Å². The van der Waals surface area contributed by atoms with Crippen LogP contribution in [0.2, 0.25) is 0 Å². The van der Waals surface area contributed by atoms with Gasteiger partial charge in [0.25, 0.3) is 0 Å². The van der Waals surface area contributed by atoms with E-state index >= 15 is 0 Å². The molecule has 5 atom stereocenters. The van der Waals surface area contributed by atoms with Gasteiger partial charge in [0.2, 0.25) is 0 Å². The molecular formula is C13H20N2O5PS+. The average molecular weight is 347 g/mol. The summed E-state index contributed by atoms with van der Waals surface area (Å²) in [7, 11) is -2.71. The minimum absolute atomic E-state index is 0.246. The number of fused-ring (bicyclic) bond motifs is 1. The Bertz CT molecular complexity index is 503. The third kappa shape index (κ3) is 3.37. The Hall–Kier alpha value is -0.500. The molecule has 3 aliphatic rings. The molecule has 0 aromatic heterocycles. The van der Waals surface area contributed by atoms with Crippen LogP contribution in [0.25, 0.3) is 0 Å². The van der Waals surface area contributed by atoms with E-state index in [9.17, 15) is 9.67 Å². The van der Waals surface area contributed by atoms with Gasteiger partial charge in [0.15, 0.2) is 0 Å². The van der Waals surface area contributed by atoms with E-state index in [0.717, 1.165) is 30.7 Å². The van der Waals surface area contributed by atoms with Gasteiger partial charge in [-0.2, -0.15) is 0 Å². The Balaban J connectivity index is 1.69. The molecule has 3 aliphatic heterocycles. The lowest BCUT2D eigenvalue weighted by Crippen LogP contribution is -2.31. The molecule has 9 heteroatoms. The van der Waals surface area contributed by atoms with Crippen molar-refractivity contribution in [2.75, 3.05) is 18.9 Å². The van der Waals surface area contributed by atoms with Crippen LogP contribution in [0.5, 0.6) is 0 Å². The summed E-state index contributed by atoms with van der Waals surface area (Å²) in [6.45, 7) is 0.545. The van der Waals surface area contributed by atoms with E-state index in [1.165, 1.54) is 0 Å². The molecule has 0 aliphatic carbocycles. The van der Waals surface area contributed by atoms with E-state index in [2.05, 4.69) is 0 Å². The molecule has 3 N–H and O–H groups in total. The molecule has 0 saturated carbocycles. The van der Waals surface area contributed by atoms with Gasteiger partial charge in [-0.1, -0.05) is 0 Å². The maximum atomic E-state index is 10.9. The number of hydrogen-bond acceptors (Lipinski definition) is 7. The van der Waals surface area contributed by atoms with E-state index < -0.39 is 20.5 Å². The highest BCUT2D eigenvalue weighted by atomic mass is 32.2. The van der Waals surface area contributed by atoms with Gasteiger partial charge in [-0.25, -0.2) is 0 Å². The second-order valence-corrected chi connectivity index (χ2v) is 7.52. The summed E-state index contributed by atoms with van der Waals surface area (Å²) in [5.74, 6) is 1.35. The molecule has 0 aromatic carbocycles. The van der Waals surface area contributed by atoms with E-state index in [0.29, 0.717) is 17.4 Å². The van der Waals surface area contributed by atoms with Crippen LogP contribution in [0.4, 0.5) is 0 Å². The first-order chi connectivity index (χ1) is 10.6. The molecule has 2 fully saturated rings. The third-order valence-corrected chi connectivity index (χ3v) is 5.81. The van der Waals surface area contributed by atoms with Crippen molar-refractivity contribution in [3.05, 3.63) is 11.8 Å². The van der Waals surface area contributed by atoms with Crippen molar-refractivity contribution in [3.8, 4) is 0 Å². The molecular weight excluding hydrogens is 327 g/mol. The molecule has 3 rings (SSSR count). The van der Waals surface area contributed by atoms with E-state index in [-0.39, 0.29) is 12.8 Å². The Morgan fingerprint density at radius 2 is 2.41 bits per heavy atom. The number of aliphatic hydroxyl groups is 1. The van der Waals surface area contributed by atoms with Gasteiger partial charge in [0.1, 0.15) is 18.4 Å². The van der Waals surface area contributed by atoms with Crippen LogP contribution in [-0.2, 0) is 13.8 Å². The smallest absolute Gasteiger partial charge is 0.394 e. The molecule has 0 amide bonds. The SMILES string of the molecule is N=C1SCCCC2CN([C@H]3CC(O[P+](=O)O)[C@@H](CO)O3)C=C12. The normalized spacial score (nSPS) is 36.1. The van der Waals surface area contributed by atoms with E-state index in [1.807, 2.05) is 11.1 Å². The molecule has 7 nitrogen and oxygen atoms in total. The lowest BCUT2D eigenvalue weighted by molar-refractivity contribution is -0.0610. The first kappa shape index (κ1) is 16.4. The molecule has 22 heavy (non-hydrogen) atoms. The Morgan fingerprint density at radius 3 is 3.14 bits per heavy atom. The van der Waals surface area contributed by atoms with Gasteiger partial charge in [0.05, 0.1) is 11.7 Å². The largest absolute Gasteiger partial charge is 0.695 e. The molecule has 0 aromatic rings. The second-order valence-electron chi connectivity index (χ2n) is 5.73. The zero-order valence-corrected chi connectivity index (χ0v) is 13.8. The van der Waals surface area contributed by atoms with Crippen LogP contribution in [0.1, 0.15) is 19.3 Å². The van der Waals surface area contributed by atoms with Crippen molar-refractivity contribution in [3.63, 3.8) is 0 Å². The number of hydrogen-bond donors (Lipinski definition) is 3. The monoisotopic (exact) mass is 347 g/mol. The standard InChI is InChI=1S/C13H19N2O5PS/c14-13-9-6-15(5-8(9)2-1-3-22-13)12-4-10(20-21(17)18)11(7-16)19-12/h6,8,10-12,14,16H,1-5,7H2/p+1/t8?,10?,11-,12-/m1/s1.